The number of aromatic nitrogens is 1. The van der Waals surface area contributed by atoms with Gasteiger partial charge in [0.15, 0.2) is 11.3 Å². The Labute approximate surface area is 269 Å². The minimum Gasteiger partial charge on any atom is -0.480 e. The van der Waals surface area contributed by atoms with E-state index in [1.807, 2.05) is 39.0 Å². The van der Waals surface area contributed by atoms with Gasteiger partial charge in [0.2, 0.25) is 0 Å². The lowest BCUT2D eigenvalue weighted by Gasteiger charge is -2.22. The topological polar surface area (TPSA) is 61.2 Å². The van der Waals surface area contributed by atoms with Crippen molar-refractivity contribution in [1.29, 1.82) is 10.5 Å². The minimum atomic E-state index is -0.710. The molecule has 0 radical (unpaired) electrons. The first-order valence-corrected chi connectivity index (χ1v) is 17.0. The molecule has 0 fully saturated rings. The van der Waals surface area contributed by atoms with Crippen molar-refractivity contribution in [2.45, 2.75) is 46.1 Å². The third-order valence-electron chi connectivity index (χ3n) is 8.91. The highest BCUT2D eigenvalue weighted by atomic mass is 32.1. The molecular weight excluding hydrogens is 591 g/mol. The summed E-state index contributed by atoms with van der Waals surface area (Å²) < 4.78 is 11.4. The van der Waals surface area contributed by atoms with Crippen molar-refractivity contribution < 1.29 is 4.74 Å². The lowest BCUT2D eigenvalue weighted by molar-refractivity contribution is 0.109. The molecule has 0 unspecified atom stereocenters. The van der Waals surface area contributed by atoms with Crippen molar-refractivity contribution >= 4 is 85.8 Å². The zero-order chi connectivity index (χ0) is 31.0. The molecule has 0 spiro atoms. The summed E-state index contributed by atoms with van der Waals surface area (Å²) in [6, 6.07) is 26.4. The Morgan fingerprint density at radius 1 is 0.889 bits per heavy atom. The van der Waals surface area contributed by atoms with Crippen LogP contribution in [0.5, 0.6) is 0 Å². The van der Waals surface area contributed by atoms with E-state index in [0.29, 0.717) is 5.76 Å². The van der Waals surface area contributed by atoms with E-state index in [0.717, 1.165) is 34.4 Å². The van der Waals surface area contributed by atoms with E-state index < -0.39 is 5.60 Å². The van der Waals surface area contributed by atoms with E-state index in [1.165, 1.54) is 57.6 Å². The summed E-state index contributed by atoms with van der Waals surface area (Å²) in [6.45, 7) is 8.08. The number of rotatable bonds is 2. The number of thiophene rings is 2. The lowest BCUT2D eigenvalue weighted by atomic mass is 9.88. The molecule has 1 aliphatic heterocycles. The number of allylic oxidation sites excluding steroid dienone is 5. The third-order valence-corrected chi connectivity index (χ3v) is 11.3. The highest BCUT2D eigenvalue weighted by Crippen LogP contribution is 2.54. The van der Waals surface area contributed by atoms with Gasteiger partial charge in [-0.3, -0.25) is 4.40 Å². The molecule has 4 aromatic heterocycles. The van der Waals surface area contributed by atoms with Gasteiger partial charge >= 0.3 is 0 Å². The van der Waals surface area contributed by atoms with Gasteiger partial charge < -0.3 is 4.74 Å². The number of nitriles is 2. The summed E-state index contributed by atoms with van der Waals surface area (Å²) in [5.41, 5.74) is 4.75. The molecule has 7 aromatic rings. The third kappa shape index (κ3) is 3.74. The molecule has 45 heavy (non-hydrogen) atoms. The van der Waals surface area contributed by atoms with Crippen LogP contribution in [0.3, 0.4) is 0 Å². The smallest absolute Gasteiger partial charge is 0.172 e. The van der Waals surface area contributed by atoms with Gasteiger partial charge in [-0.05, 0) is 55.2 Å². The molecule has 9 rings (SSSR count). The van der Waals surface area contributed by atoms with Crippen molar-refractivity contribution in [1.82, 2.24) is 4.40 Å². The van der Waals surface area contributed by atoms with Gasteiger partial charge in [0.1, 0.15) is 22.6 Å². The average molecular weight is 620 g/mol. The Morgan fingerprint density at radius 2 is 1.69 bits per heavy atom. The van der Waals surface area contributed by atoms with Crippen LogP contribution in [-0.2, 0) is 4.74 Å². The summed E-state index contributed by atoms with van der Waals surface area (Å²) in [6.07, 6.45) is 8.36. The van der Waals surface area contributed by atoms with Crippen LogP contribution in [0.25, 0.3) is 63.2 Å². The molecule has 1 aliphatic carbocycles. The summed E-state index contributed by atoms with van der Waals surface area (Å²) in [7, 11) is 0. The Morgan fingerprint density at radius 3 is 2.47 bits per heavy atom. The Hall–Kier alpha value is -4.88. The van der Waals surface area contributed by atoms with E-state index >= 15 is 0 Å². The second-order valence-corrected chi connectivity index (χ2v) is 13.8. The van der Waals surface area contributed by atoms with Gasteiger partial charge in [-0.25, -0.2) is 0 Å². The van der Waals surface area contributed by atoms with E-state index in [1.54, 1.807) is 11.3 Å². The summed E-state index contributed by atoms with van der Waals surface area (Å²) in [4.78, 5) is 2.37. The number of pyridine rings is 1. The molecule has 3 aromatic carbocycles. The van der Waals surface area contributed by atoms with Crippen LogP contribution in [0.4, 0.5) is 0 Å². The van der Waals surface area contributed by atoms with E-state index in [2.05, 4.69) is 95.4 Å². The second-order valence-electron chi connectivity index (χ2n) is 11.7. The van der Waals surface area contributed by atoms with Crippen molar-refractivity contribution in [3.8, 4) is 12.1 Å². The number of para-hydroxylation sites is 1. The van der Waals surface area contributed by atoms with Crippen LogP contribution >= 0.6 is 22.7 Å². The standard InChI is InChI=1S/C37H23N3OS2.C2H6/c1-37(2)32(30(20-9-4-3-5-10-20)34(41-37)22(18-38)19-39)27-17-28-35(42-27)31-25-13-8-11-21-15-16-24-23-12-6-7-14-26(23)40(36(31)43-28)33(24)29(21)25;1-2/h4,6-17H,3,5H2,1-2H3;1-2H3. The molecule has 0 bridgehead atoms. The van der Waals surface area contributed by atoms with Gasteiger partial charge in [0, 0.05) is 42.3 Å². The highest BCUT2D eigenvalue weighted by molar-refractivity contribution is 7.33. The number of ether oxygens (including phenoxy) is 1. The molecule has 6 heteroatoms. The summed E-state index contributed by atoms with van der Waals surface area (Å²) in [5, 5.41) is 27.4. The molecule has 218 valence electrons. The quantitative estimate of drug-likeness (QED) is 0.181. The monoisotopic (exact) mass is 619 g/mol. The minimum absolute atomic E-state index is 0.0143. The molecule has 0 N–H and O–H groups in total. The molecule has 0 amide bonds. The van der Waals surface area contributed by atoms with Crippen molar-refractivity contribution in [2.75, 3.05) is 0 Å². The summed E-state index contributed by atoms with van der Waals surface area (Å²) >= 11 is 3.63. The van der Waals surface area contributed by atoms with Crippen molar-refractivity contribution in [3.05, 3.63) is 106 Å². The molecule has 5 heterocycles. The van der Waals surface area contributed by atoms with E-state index in [9.17, 15) is 10.5 Å². The second kappa shape index (κ2) is 10.1. The van der Waals surface area contributed by atoms with Crippen LogP contribution < -0.4 is 0 Å². The first-order chi connectivity index (χ1) is 22.0. The Kier molecular flexibility index (Phi) is 6.19. The number of hydrogen-bond acceptors (Lipinski definition) is 5. The number of fused-ring (bicyclic) bond motifs is 8. The first-order valence-electron chi connectivity index (χ1n) is 15.4. The molecule has 4 nitrogen and oxygen atoms in total. The zero-order valence-corrected chi connectivity index (χ0v) is 27.1. The van der Waals surface area contributed by atoms with E-state index in [-0.39, 0.29) is 5.57 Å². The first kappa shape index (κ1) is 27.7. The molecule has 0 saturated heterocycles. The van der Waals surface area contributed by atoms with Crippen molar-refractivity contribution in [2.24, 2.45) is 0 Å². The van der Waals surface area contributed by atoms with Crippen LogP contribution in [0.1, 0.15) is 45.4 Å². The predicted octanol–water partition coefficient (Wildman–Crippen LogP) is 11.4. The van der Waals surface area contributed by atoms with Gasteiger partial charge in [-0.2, -0.15) is 10.5 Å². The van der Waals surface area contributed by atoms with Gasteiger partial charge in [-0.1, -0.05) is 80.6 Å². The molecule has 0 atom stereocenters. The fraction of sp³-hybridized carbons (Fsp3) is 0.179. The fourth-order valence-corrected chi connectivity index (χ4v) is 10.1. The average Bonchev–Trinajstić information content (AvgIpc) is 3.79. The largest absolute Gasteiger partial charge is 0.480 e. The number of benzene rings is 3. The van der Waals surface area contributed by atoms with Gasteiger partial charge in [-0.15, -0.1) is 22.7 Å². The Balaban J connectivity index is 0.00000147. The highest BCUT2D eigenvalue weighted by Gasteiger charge is 2.42. The Bertz CT molecular complexity index is 2570. The van der Waals surface area contributed by atoms with E-state index in [4.69, 9.17) is 4.74 Å². The maximum Gasteiger partial charge on any atom is 0.172 e. The normalized spacial score (nSPS) is 16.0. The molecular formula is C39H29N3OS2. The lowest BCUT2D eigenvalue weighted by Crippen LogP contribution is -2.20. The van der Waals surface area contributed by atoms with Crippen LogP contribution in [0.2, 0.25) is 0 Å². The molecule has 2 aliphatic rings. The SMILES string of the molecule is CC.CC1(C)OC(=C(C#N)C#N)C(C2=CCCC=C2)=C1c1cc2sc3c(c4cccc5ccc6c7ccccc7n3c6c54)c2s1. The fourth-order valence-electron chi connectivity index (χ4n) is 7.21. The summed E-state index contributed by atoms with van der Waals surface area (Å²) in [5.74, 6) is 0.390. The maximum atomic E-state index is 9.85. The van der Waals surface area contributed by atoms with Crippen LogP contribution in [-0.4, -0.2) is 10.0 Å². The zero-order valence-electron chi connectivity index (χ0n) is 25.5. The molecule has 0 saturated carbocycles. The number of nitrogens with zero attached hydrogens (tertiary/aromatic N) is 3. The van der Waals surface area contributed by atoms with Crippen molar-refractivity contribution in [3.63, 3.8) is 0 Å². The van der Waals surface area contributed by atoms with Gasteiger partial charge in [0.25, 0.3) is 0 Å². The predicted molar refractivity (Wildman–Crippen MR) is 190 cm³/mol. The van der Waals surface area contributed by atoms with Gasteiger partial charge in [0.05, 0.1) is 15.7 Å². The maximum absolute atomic E-state index is 9.85. The van der Waals surface area contributed by atoms with Crippen LogP contribution in [0, 0.1) is 22.7 Å². The van der Waals surface area contributed by atoms with Crippen LogP contribution in [0.15, 0.2) is 101 Å². The number of hydrogen-bond donors (Lipinski definition) is 0.